The number of ether oxygens (including phenoxy) is 2. The summed E-state index contributed by atoms with van der Waals surface area (Å²) in [5.41, 5.74) is -0.00710. The van der Waals surface area contributed by atoms with E-state index in [0.717, 1.165) is 34.8 Å². The van der Waals surface area contributed by atoms with Crippen molar-refractivity contribution in [2.75, 3.05) is 6.54 Å². The lowest BCUT2D eigenvalue weighted by molar-refractivity contribution is -0.183. The predicted molar refractivity (Wildman–Crippen MR) is 152 cm³/mol. The zero-order valence-electron chi connectivity index (χ0n) is 24.7. The summed E-state index contributed by atoms with van der Waals surface area (Å²) >= 11 is 0. The largest absolute Gasteiger partial charge is 0.481 e. The van der Waals surface area contributed by atoms with E-state index < -0.39 is 41.5 Å². The molecule has 9 heteroatoms. The lowest BCUT2D eigenvalue weighted by Crippen LogP contribution is -2.62. The molecule has 0 aliphatic carbocycles. The molecule has 9 nitrogen and oxygen atoms in total. The monoisotopic (exact) mass is 560 g/mol. The Balaban J connectivity index is 2.19. The molecule has 0 aromatic heterocycles. The van der Waals surface area contributed by atoms with Gasteiger partial charge in [-0.05, 0) is 45.6 Å². The Morgan fingerprint density at radius 2 is 1.60 bits per heavy atom. The van der Waals surface area contributed by atoms with Crippen molar-refractivity contribution in [2.45, 2.75) is 123 Å². The number of carboxylic acid groups (broad SMARTS) is 1. The molecule has 1 aliphatic rings. The molecule has 1 saturated heterocycles. The quantitative estimate of drug-likeness (QED) is 0.192. The van der Waals surface area contributed by atoms with E-state index in [1.807, 2.05) is 30.3 Å². The Bertz CT molecular complexity index is 945. The summed E-state index contributed by atoms with van der Waals surface area (Å²) in [6.45, 7) is 7.57. The molecule has 0 bridgehead atoms. The van der Waals surface area contributed by atoms with Crippen LogP contribution in [0.1, 0.15) is 110 Å². The van der Waals surface area contributed by atoms with E-state index in [9.17, 15) is 24.3 Å². The zero-order chi connectivity index (χ0) is 29.5. The van der Waals surface area contributed by atoms with E-state index >= 15 is 0 Å². The second kappa shape index (κ2) is 16.9. The van der Waals surface area contributed by atoms with Crippen molar-refractivity contribution in [1.82, 2.24) is 10.0 Å². The first-order valence-electron chi connectivity index (χ1n) is 14.8. The first-order valence-corrected chi connectivity index (χ1v) is 14.8. The molecular weight excluding hydrogens is 512 g/mol. The van der Waals surface area contributed by atoms with Gasteiger partial charge in [0.2, 0.25) is 5.91 Å². The maximum Gasteiger partial charge on any atom is 0.429 e. The molecule has 1 aliphatic heterocycles. The van der Waals surface area contributed by atoms with Crippen LogP contribution in [0, 0.1) is 5.92 Å². The molecule has 0 saturated carbocycles. The van der Waals surface area contributed by atoms with Crippen LogP contribution in [0.4, 0.5) is 4.79 Å². The number of hydrogen-bond donors (Lipinski definition) is 1. The summed E-state index contributed by atoms with van der Waals surface area (Å²) in [5, 5.41) is 11.9. The molecule has 1 N–H and O–H groups in total. The molecule has 0 spiro atoms. The van der Waals surface area contributed by atoms with Crippen molar-refractivity contribution in [3.8, 4) is 0 Å². The average molecular weight is 561 g/mol. The van der Waals surface area contributed by atoms with Crippen molar-refractivity contribution in [1.29, 1.82) is 0 Å². The van der Waals surface area contributed by atoms with E-state index in [1.54, 1.807) is 20.8 Å². The summed E-state index contributed by atoms with van der Waals surface area (Å²) < 4.78 is 11.1. The number of aliphatic carboxylic acids is 1. The minimum absolute atomic E-state index is 0.00607. The minimum Gasteiger partial charge on any atom is -0.481 e. The van der Waals surface area contributed by atoms with Gasteiger partial charge in [0.05, 0.1) is 12.3 Å². The maximum atomic E-state index is 13.9. The Morgan fingerprint density at radius 1 is 0.975 bits per heavy atom. The van der Waals surface area contributed by atoms with Crippen LogP contribution in [-0.2, 0) is 30.5 Å². The molecule has 2 rings (SSSR count). The van der Waals surface area contributed by atoms with Crippen LogP contribution in [-0.4, -0.2) is 57.3 Å². The van der Waals surface area contributed by atoms with Gasteiger partial charge < -0.3 is 14.6 Å². The standard InChI is InChI=1S/C31H48N2O7/c1-5-6-7-8-9-10-11-15-19-25(22-27(34)35)28(36)33-26(29(37)40-31(2,3)4)20-16-21-32(33)30(38)39-23-24-17-13-12-14-18-24/h12-14,17-18,25-26H,5-11,15-16,19-23H2,1-4H3,(H,34,35)/t25-,26+/m1/s1. The number of carbonyl (C=O) groups is 4. The summed E-state index contributed by atoms with van der Waals surface area (Å²) in [4.78, 5) is 52.1. The van der Waals surface area contributed by atoms with E-state index in [2.05, 4.69) is 6.92 Å². The number of nitrogens with zero attached hydrogens (tertiary/aromatic N) is 2. The van der Waals surface area contributed by atoms with Crippen molar-refractivity contribution in [3.63, 3.8) is 0 Å². The first kappa shape index (κ1) is 33.1. The predicted octanol–water partition coefficient (Wildman–Crippen LogP) is 6.49. The van der Waals surface area contributed by atoms with E-state index in [-0.39, 0.29) is 19.6 Å². The van der Waals surface area contributed by atoms with Gasteiger partial charge in [-0.25, -0.2) is 19.6 Å². The van der Waals surface area contributed by atoms with Crippen LogP contribution in [0.5, 0.6) is 0 Å². The topological polar surface area (TPSA) is 113 Å². The number of carbonyl (C=O) groups excluding carboxylic acids is 3. The normalized spacial score (nSPS) is 16.4. The number of esters is 1. The highest BCUT2D eigenvalue weighted by molar-refractivity contribution is 5.89. The fourth-order valence-corrected chi connectivity index (χ4v) is 4.90. The molecule has 1 heterocycles. The third-order valence-corrected chi connectivity index (χ3v) is 6.90. The fraction of sp³-hybridized carbons (Fsp3) is 0.677. The molecule has 2 amide bonds. The van der Waals surface area contributed by atoms with Crippen molar-refractivity contribution in [3.05, 3.63) is 35.9 Å². The van der Waals surface area contributed by atoms with Crippen LogP contribution >= 0.6 is 0 Å². The molecule has 2 atom stereocenters. The minimum atomic E-state index is -1.10. The van der Waals surface area contributed by atoms with Crippen LogP contribution < -0.4 is 0 Å². The van der Waals surface area contributed by atoms with E-state index in [4.69, 9.17) is 9.47 Å². The van der Waals surface area contributed by atoms with Crippen LogP contribution in [0.15, 0.2) is 30.3 Å². The van der Waals surface area contributed by atoms with Crippen LogP contribution in [0.3, 0.4) is 0 Å². The van der Waals surface area contributed by atoms with Gasteiger partial charge in [-0.3, -0.25) is 9.59 Å². The molecule has 1 aromatic carbocycles. The Morgan fingerprint density at radius 3 is 2.20 bits per heavy atom. The average Bonchev–Trinajstić information content (AvgIpc) is 2.91. The number of unbranched alkanes of at least 4 members (excludes halogenated alkanes) is 7. The van der Waals surface area contributed by atoms with Crippen LogP contribution in [0.2, 0.25) is 0 Å². The Hall–Kier alpha value is -3.10. The van der Waals surface area contributed by atoms with Gasteiger partial charge in [0, 0.05) is 6.54 Å². The smallest absolute Gasteiger partial charge is 0.429 e. The van der Waals surface area contributed by atoms with Crippen molar-refractivity contribution in [2.24, 2.45) is 5.92 Å². The molecule has 40 heavy (non-hydrogen) atoms. The van der Waals surface area contributed by atoms with Gasteiger partial charge in [-0.15, -0.1) is 0 Å². The van der Waals surface area contributed by atoms with Crippen molar-refractivity contribution < 1.29 is 33.8 Å². The Kier molecular flexibility index (Phi) is 14.0. The molecule has 224 valence electrons. The summed E-state index contributed by atoms with van der Waals surface area (Å²) in [7, 11) is 0. The third-order valence-electron chi connectivity index (χ3n) is 6.90. The summed E-state index contributed by atoms with van der Waals surface area (Å²) in [6.07, 6.45) is 8.56. The van der Waals surface area contributed by atoms with Gasteiger partial charge in [-0.1, -0.05) is 88.6 Å². The third kappa shape index (κ3) is 11.6. The summed E-state index contributed by atoms with van der Waals surface area (Å²) in [6, 6.07) is 8.13. The molecular formula is C31H48N2O7. The van der Waals surface area contributed by atoms with E-state index in [1.165, 1.54) is 25.7 Å². The van der Waals surface area contributed by atoms with Gasteiger partial charge in [-0.2, -0.15) is 0 Å². The van der Waals surface area contributed by atoms with Gasteiger partial charge in [0.25, 0.3) is 0 Å². The number of carboxylic acids is 1. The second-order valence-corrected chi connectivity index (χ2v) is 11.6. The first-order chi connectivity index (χ1) is 19.0. The van der Waals surface area contributed by atoms with Gasteiger partial charge in [0.1, 0.15) is 12.2 Å². The highest BCUT2D eigenvalue weighted by Crippen LogP contribution is 2.28. The molecule has 0 unspecified atom stereocenters. The lowest BCUT2D eigenvalue weighted by atomic mass is 9.94. The number of benzene rings is 1. The number of amides is 2. The molecule has 1 fully saturated rings. The highest BCUT2D eigenvalue weighted by atomic mass is 16.6. The summed E-state index contributed by atoms with van der Waals surface area (Å²) in [5.74, 6) is -3.15. The number of hydrogen-bond acceptors (Lipinski definition) is 6. The van der Waals surface area contributed by atoms with Gasteiger partial charge in [0.15, 0.2) is 6.04 Å². The van der Waals surface area contributed by atoms with Crippen LogP contribution in [0.25, 0.3) is 0 Å². The highest BCUT2D eigenvalue weighted by Gasteiger charge is 2.44. The molecule has 0 radical (unpaired) electrons. The van der Waals surface area contributed by atoms with E-state index in [0.29, 0.717) is 25.7 Å². The molecule has 1 aromatic rings. The SMILES string of the molecule is CCCCCCCCCC[C@H](CC(=O)O)C(=O)N1[C@H](C(=O)OC(C)(C)C)CCCN1C(=O)OCc1ccccc1. The fourth-order valence-electron chi connectivity index (χ4n) is 4.90. The number of rotatable bonds is 15. The van der Waals surface area contributed by atoms with Gasteiger partial charge >= 0.3 is 18.0 Å². The number of hydrazine groups is 1. The zero-order valence-corrected chi connectivity index (χ0v) is 24.7. The van der Waals surface area contributed by atoms with Crippen molar-refractivity contribution >= 4 is 23.9 Å². The Labute approximate surface area is 239 Å². The second-order valence-electron chi connectivity index (χ2n) is 11.6. The maximum absolute atomic E-state index is 13.9. The lowest BCUT2D eigenvalue weighted by Gasteiger charge is -2.43.